The molecule has 0 atom stereocenters. The number of hydrogen-bond acceptors (Lipinski definition) is 7. The van der Waals surface area contributed by atoms with Crippen LogP contribution in [0.2, 0.25) is 20.4 Å². The lowest BCUT2D eigenvalue weighted by Crippen LogP contribution is -1.98. The van der Waals surface area contributed by atoms with Crippen LogP contribution in [0.1, 0.15) is 0 Å². The van der Waals surface area contributed by atoms with E-state index in [9.17, 15) is 0 Å². The molecule has 11 heteroatoms. The number of nitrogens with zero attached hydrogens (tertiary/aromatic N) is 4. The van der Waals surface area contributed by atoms with Crippen molar-refractivity contribution in [2.75, 3.05) is 12.8 Å². The van der Waals surface area contributed by atoms with E-state index in [1.165, 1.54) is 12.4 Å². The summed E-state index contributed by atoms with van der Waals surface area (Å²) in [6.45, 7) is 0. The van der Waals surface area contributed by atoms with Gasteiger partial charge in [-0.3, -0.25) is 0 Å². The van der Waals surface area contributed by atoms with Gasteiger partial charge in [-0.25, -0.2) is 19.9 Å². The number of benzene rings is 2. The number of ether oxygens (including phenoxy) is 1. The molecule has 5 rings (SSSR count). The molecule has 3 heterocycles. The van der Waals surface area contributed by atoms with E-state index in [2.05, 4.69) is 19.9 Å². The fourth-order valence-electron chi connectivity index (χ4n) is 2.93. The Morgan fingerprint density at radius 1 is 0.875 bits per heavy atom. The van der Waals surface area contributed by atoms with Gasteiger partial charge in [-0.05, 0) is 36.4 Å². The monoisotopic (exact) mass is 507 g/mol. The molecule has 0 amide bonds. The Hall–Kier alpha value is -2.84. The number of anilines is 1. The minimum Gasteiger partial charge on any atom is -0.496 e. The van der Waals surface area contributed by atoms with Crippen molar-refractivity contribution in [2.24, 2.45) is 0 Å². The third-order valence-corrected chi connectivity index (χ3v) is 5.14. The summed E-state index contributed by atoms with van der Waals surface area (Å²) in [4.78, 5) is 16.3. The highest BCUT2D eigenvalue weighted by atomic mass is 35.5. The zero-order chi connectivity index (χ0) is 22.8. The number of furan rings is 1. The van der Waals surface area contributed by atoms with Gasteiger partial charge < -0.3 is 14.9 Å². The fraction of sp³-hybridized carbons (Fsp3) is 0.0476. The van der Waals surface area contributed by atoms with Crippen LogP contribution in [0.4, 0.5) is 5.82 Å². The first-order valence-corrected chi connectivity index (χ1v) is 10.5. The lowest BCUT2D eigenvalue weighted by atomic mass is 10.1. The van der Waals surface area contributed by atoms with Gasteiger partial charge in [0.2, 0.25) is 5.71 Å². The molecule has 5 aromatic rings. The molecule has 3 aromatic heterocycles. The largest absolute Gasteiger partial charge is 0.496 e. The number of aromatic nitrogens is 4. The van der Waals surface area contributed by atoms with Gasteiger partial charge >= 0.3 is 0 Å². The number of fused-ring (bicyclic) bond motifs is 3. The topological polar surface area (TPSA) is 100.0 Å². The van der Waals surface area contributed by atoms with E-state index in [-0.39, 0.29) is 11.0 Å². The van der Waals surface area contributed by atoms with Crippen molar-refractivity contribution >= 4 is 74.4 Å². The Balaban J connectivity index is 0.000000154. The van der Waals surface area contributed by atoms with Crippen LogP contribution in [-0.4, -0.2) is 27.0 Å². The first-order valence-electron chi connectivity index (χ1n) is 8.98. The Kier molecular flexibility index (Phi) is 6.53. The molecular formula is C21H13Cl4N5O2. The van der Waals surface area contributed by atoms with Gasteiger partial charge in [-0.2, -0.15) is 0 Å². The van der Waals surface area contributed by atoms with E-state index < -0.39 is 0 Å². The zero-order valence-electron chi connectivity index (χ0n) is 16.3. The lowest BCUT2D eigenvalue weighted by Gasteiger charge is -2.09. The molecular weight excluding hydrogens is 496 g/mol. The predicted molar refractivity (Wildman–Crippen MR) is 128 cm³/mol. The lowest BCUT2D eigenvalue weighted by molar-refractivity contribution is 0.416. The number of nitrogen functional groups attached to an aromatic ring is 1. The van der Waals surface area contributed by atoms with E-state index in [0.717, 1.165) is 5.39 Å². The molecule has 0 aliphatic heterocycles. The van der Waals surface area contributed by atoms with Crippen molar-refractivity contribution in [1.82, 2.24) is 19.9 Å². The maximum Gasteiger partial charge on any atom is 0.246 e. The van der Waals surface area contributed by atoms with Crippen LogP contribution in [0.5, 0.6) is 5.75 Å². The second-order valence-corrected chi connectivity index (χ2v) is 8.01. The molecule has 0 aliphatic carbocycles. The van der Waals surface area contributed by atoms with Gasteiger partial charge in [0.1, 0.15) is 38.7 Å². The number of methoxy groups -OCH3 is 1. The molecule has 0 saturated carbocycles. The summed E-state index contributed by atoms with van der Waals surface area (Å²) < 4.78 is 10.7. The van der Waals surface area contributed by atoms with Gasteiger partial charge in [0.15, 0.2) is 0 Å². The van der Waals surface area contributed by atoms with Gasteiger partial charge in [0.05, 0.1) is 24.9 Å². The molecule has 0 radical (unpaired) electrons. The smallest absolute Gasteiger partial charge is 0.246 e. The van der Waals surface area contributed by atoms with Crippen LogP contribution in [-0.2, 0) is 0 Å². The quantitative estimate of drug-likeness (QED) is 0.282. The Morgan fingerprint density at radius 3 is 2.34 bits per heavy atom. The summed E-state index contributed by atoms with van der Waals surface area (Å²) in [6, 6.07) is 10.5. The molecule has 0 spiro atoms. The van der Waals surface area contributed by atoms with Crippen molar-refractivity contribution in [1.29, 1.82) is 0 Å². The van der Waals surface area contributed by atoms with E-state index in [4.69, 9.17) is 61.3 Å². The Labute approximate surface area is 202 Å². The minimum atomic E-state index is 0.260. The Bertz CT molecular complexity index is 1380. The van der Waals surface area contributed by atoms with Crippen LogP contribution < -0.4 is 10.5 Å². The number of rotatable bonds is 2. The summed E-state index contributed by atoms with van der Waals surface area (Å²) >= 11 is 23.4. The molecule has 0 bridgehead atoms. The summed E-state index contributed by atoms with van der Waals surface area (Å²) in [5.41, 5.74) is 8.69. The van der Waals surface area contributed by atoms with E-state index >= 15 is 0 Å². The summed E-state index contributed by atoms with van der Waals surface area (Å²) in [6.07, 6.45) is 2.84. The van der Waals surface area contributed by atoms with E-state index in [0.29, 0.717) is 49.0 Å². The molecule has 32 heavy (non-hydrogen) atoms. The average Bonchev–Trinajstić information content (AvgIpc) is 3.13. The highest BCUT2D eigenvalue weighted by molar-refractivity contribution is 6.32. The van der Waals surface area contributed by atoms with Crippen LogP contribution >= 0.6 is 46.4 Å². The average molecular weight is 509 g/mol. The number of halogens is 4. The fourth-order valence-corrected chi connectivity index (χ4v) is 3.54. The first-order chi connectivity index (χ1) is 15.4. The maximum atomic E-state index is 5.94. The summed E-state index contributed by atoms with van der Waals surface area (Å²) in [5.74, 6) is 0.882. The zero-order valence-corrected chi connectivity index (χ0v) is 19.3. The number of hydrogen-bond donors (Lipinski definition) is 1. The van der Waals surface area contributed by atoms with Gasteiger partial charge in [-0.15, -0.1) is 0 Å². The van der Waals surface area contributed by atoms with E-state index in [1.807, 2.05) is 0 Å². The maximum absolute atomic E-state index is 5.94. The molecule has 0 fully saturated rings. The number of nitrogens with two attached hydrogens (primary N) is 1. The molecule has 7 nitrogen and oxygen atoms in total. The van der Waals surface area contributed by atoms with Gasteiger partial charge in [-0.1, -0.05) is 46.4 Å². The van der Waals surface area contributed by atoms with Crippen molar-refractivity contribution in [3.63, 3.8) is 0 Å². The van der Waals surface area contributed by atoms with Crippen molar-refractivity contribution in [3.8, 4) is 17.0 Å². The molecule has 0 unspecified atom stereocenters. The van der Waals surface area contributed by atoms with Crippen molar-refractivity contribution in [2.45, 2.75) is 0 Å². The van der Waals surface area contributed by atoms with Crippen LogP contribution in [0.3, 0.4) is 0 Å². The van der Waals surface area contributed by atoms with E-state index in [1.54, 1.807) is 43.5 Å². The van der Waals surface area contributed by atoms with Crippen molar-refractivity contribution < 1.29 is 9.15 Å². The highest BCUT2D eigenvalue weighted by Crippen LogP contribution is 2.34. The second-order valence-electron chi connectivity index (χ2n) is 6.36. The van der Waals surface area contributed by atoms with Crippen LogP contribution in [0.25, 0.3) is 33.5 Å². The second kappa shape index (κ2) is 9.34. The van der Waals surface area contributed by atoms with Crippen LogP contribution in [0.15, 0.2) is 53.2 Å². The van der Waals surface area contributed by atoms with Gasteiger partial charge in [0, 0.05) is 15.6 Å². The van der Waals surface area contributed by atoms with Gasteiger partial charge in [0.25, 0.3) is 0 Å². The van der Waals surface area contributed by atoms with Crippen molar-refractivity contribution in [3.05, 3.63) is 69.1 Å². The molecule has 2 N–H and O–H groups in total. The highest BCUT2D eigenvalue weighted by Gasteiger charge is 2.13. The van der Waals surface area contributed by atoms with Crippen LogP contribution in [0, 0.1) is 0 Å². The summed E-state index contributed by atoms with van der Waals surface area (Å²) in [5, 5.41) is 2.61. The molecule has 162 valence electrons. The predicted octanol–water partition coefficient (Wildman–Crippen LogP) is 6.72. The minimum absolute atomic E-state index is 0.260. The normalized spacial score (nSPS) is 10.8. The first kappa shape index (κ1) is 22.4. The Morgan fingerprint density at radius 2 is 1.56 bits per heavy atom. The molecule has 2 aromatic carbocycles. The molecule has 0 saturated heterocycles. The SMILES string of the molecule is COc1ccc(Cl)cc1-c1nc(Cl)cnc1N.Clc1ccc2oc3ncc(Cl)nc3c2c1. The third-order valence-electron chi connectivity index (χ3n) is 4.30. The summed E-state index contributed by atoms with van der Waals surface area (Å²) in [7, 11) is 1.56. The third kappa shape index (κ3) is 4.66. The molecule has 0 aliphatic rings. The standard InChI is InChI=1S/C11H9Cl2N3O.C10H4Cl2N2O/c1-17-8-3-2-6(12)4-7(8)10-11(14)15-5-9(13)16-10;11-5-1-2-7-6(3-5)9-10(15-7)13-4-8(12)14-9/h2-5H,1H3,(H2,14,15);1-4H.